The van der Waals surface area contributed by atoms with Crippen LogP contribution in [0.5, 0.6) is 11.5 Å². The molecular formula is C18H18ClNO3. The Morgan fingerprint density at radius 2 is 1.87 bits per heavy atom. The zero-order chi connectivity index (χ0) is 16.4. The van der Waals surface area contributed by atoms with Crippen molar-refractivity contribution < 1.29 is 14.3 Å². The molecule has 0 fully saturated rings. The van der Waals surface area contributed by atoms with Crippen molar-refractivity contribution in [1.29, 1.82) is 0 Å². The van der Waals surface area contributed by atoms with E-state index < -0.39 is 0 Å². The Balaban J connectivity index is 1.77. The largest absolute Gasteiger partial charge is 0.486 e. The Morgan fingerprint density at radius 3 is 2.61 bits per heavy atom. The standard InChI is InChI=1S/C18H18ClNO3/c1-12-3-5-14(6-4-12)20(2)17(21)11-13-9-15(19)18-16(10-13)22-7-8-23-18/h3-6,9-10H,7-8,11H2,1-2H3. The average molecular weight is 332 g/mol. The summed E-state index contributed by atoms with van der Waals surface area (Å²) in [6.07, 6.45) is 0.251. The molecule has 0 aromatic heterocycles. The molecule has 1 aliphatic heterocycles. The molecule has 1 aliphatic rings. The van der Waals surface area contributed by atoms with Crippen molar-refractivity contribution in [2.45, 2.75) is 13.3 Å². The zero-order valence-electron chi connectivity index (χ0n) is 13.1. The van der Waals surface area contributed by atoms with Crippen LogP contribution in [0.2, 0.25) is 5.02 Å². The first kappa shape index (κ1) is 15.7. The van der Waals surface area contributed by atoms with Gasteiger partial charge in [0.15, 0.2) is 11.5 Å². The molecular weight excluding hydrogens is 314 g/mol. The molecule has 0 radical (unpaired) electrons. The number of ether oxygens (including phenoxy) is 2. The number of hydrogen-bond acceptors (Lipinski definition) is 3. The number of benzene rings is 2. The highest BCUT2D eigenvalue weighted by atomic mass is 35.5. The third kappa shape index (κ3) is 3.42. The third-order valence-electron chi connectivity index (χ3n) is 3.81. The maximum absolute atomic E-state index is 12.5. The molecule has 2 aromatic carbocycles. The smallest absolute Gasteiger partial charge is 0.231 e. The number of carbonyl (C=O) groups excluding carboxylic acids is 1. The molecule has 0 bridgehead atoms. The van der Waals surface area contributed by atoms with Crippen molar-refractivity contribution in [3.05, 3.63) is 52.5 Å². The fraction of sp³-hybridized carbons (Fsp3) is 0.278. The van der Waals surface area contributed by atoms with Crippen LogP contribution in [0.3, 0.4) is 0 Å². The van der Waals surface area contributed by atoms with Gasteiger partial charge in [0, 0.05) is 12.7 Å². The Bertz CT molecular complexity index is 728. The minimum atomic E-state index is -0.0124. The molecule has 4 nitrogen and oxygen atoms in total. The van der Waals surface area contributed by atoms with Gasteiger partial charge in [-0.2, -0.15) is 0 Å². The van der Waals surface area contributed by atoms with E-state index in [9.17, 15) is 4.79 Å². The van der Waals surface area contributed by atoms with E-state index >= 15 is 0 Å². The number of anilines is 1. The van der Waals surface area contributed by atoms with Gasteiger partial charge in [-0.15, -0.1) is 0 Å². The zero-order valence-corrected chi connectivity index (χ0v) is 13.9. The molecule has 23 heavy (non-hydrogen) atoms. The van der Waals surface area contributed by atoms with Gasteiger partial charge in [-0.1, -0.05) is 29.3 Å². The van der Waals surface area contributed by atoms with Crippen LogP contribution in [0, 0.1) is 6.92 Å². The average Bonchev–Trinajstić information content (AvgIpc) is 2.55. The molecule has 0 saturated carbocycles. The van der Waals surface area contributed by atoms with Crippen LogP contribution in [0.25, 0.3) is 0 Å². The molecule has 1 heterocycles. The van der Waals surface area contributed by atoms with Crippen molar-refractivity contribution in [2.75, 3.05) is 25.2 Å². The number of aryl methyl sites for hydroxylation is 1. The Kier molecular flexibility index (Phi) is 4.44. The van der Waals surface area contributed by atoms with E-state index in [0.29, 0.717) is 29.7 Å². The summed E-state index contributed by atoms with van der Waals surface area (Å²) in [6, 6.07) is 11.4. The maximum atomic E-state index is 12.5. The lowest BCUT2D eigenvalue weighted by atomic mass is 10.1. The summed E-state index contributed by atoms with van der Waals surface area (Å²) >= 11 is 6.21. The van der Waals surface area contributed by atoms with E-state index in [1.165, 1.54) is 0 Å². The monoisotopic (exact) mass is 331 g/mol. The Morgan fingerprint density at radius 1 is 1.17 bits per heavy atom. The fourth-order valence-corrected chi connectivity index (χ4v) is 2.76. The summed E-state index contributed by atoms with van der Waals surface area (Å²) in [5.74, 6) is 1.15. The van der Waals surface area contributed by atoms with Crippen LogP contribution in [-0.2, 0) is 11.2 Å². The SMILES string of the molecule is Cc1ccc(N(C)C(=O)Cc2cc(Cl)c3c(c2)OCCO3)cc1. The van der Waals surface area contributed by atoms with E-state index in [1.807, 2.05) is 37.3 Å². The van der Waals surface area contributed by atoms with Crippen molar-refractivity contribution in [2.24, 2.45) is 0 Å². The maximum Gasteiger partial charge on any atom is 0.231 e. The van der Waals surface area contributed by atoms with E-state index in [2.05, 4.69) is 0 Å². The van der Waals surface area contributed by atoms with Crippen LogP contribution in [0.4, 0.5) is 5.69 Å². The lowest BCUT2D eigenvalue weighted by Crippen LogP contribution is -2.27. The van der Waals surface area contributed by atoms with Crippen LogP contribution in [-0.4, -0.2) is 26.2 Å². The minimum Gasteiger partial charge on any atom is -0.486 e. The van der Waals surface area contributed by atoms with E-state index in [-0.39, 0.29) is 12.3 Å². The first-order valence-electron chi connectivity index (χ1n) is 7.46. The van der Waals surface area contributed by atoms with Crippen molar-refractivity contribution >= 4 is 23.2 Å². The van der Waals surface area contributed by atoms with Crippen LogP contribution in [0.1, 0.15) is 11.1 Å². The van der Waals surface area contributed by atoms with E-state index in [0.717, 1.165) is 16.8 Å². The summed E-state index contributed by atoms with van der Waals surface area (Å²) in [5, 5.41) is 0.475. The summed E-state index contributed by atoms with van der Waals surface area (Å²) in [7, 11) is 1.77. The Labute approximate surface area is 140 Å². The van der Waals surface area contributed by atoms with E-state index in [1.54, 1.807) is 18.0 Å². The molecule has 2 aromatic rings. The van der Waals surface area contributed by atoms with Gasteiger partial charge < -0.3 is 14.4 Å². The number of carbonyl (C=O) groups is 1. The van der Waals surface area contributed by atoms with Crippen molar-refractivity contribution in [3.8, 4) is 11.5 Å². The topological polar surface area (TPSA) is 38.8 Å². The van der Waals surface area contributed by atoms with Gasteiger partial charge in [0.2, 0.25) is 5.91 Å². The van der Waals surface area contributed by atoms with Crippen LogP contribution in [0.15, 0.2) is 36.4 Å². The van der Waals surface area contributed by atoms with Gasteiger partial charge in [-0.25, -0.2) is 0 Å². The Hall–Kier alpha value is -2.20. The molecule has 0 saturated heterocycles. The molecule has 0 aliphatic carbocycles. The lowest BCUT2D eigenvalue weighted by Gasteiger charge is -2.21. The number of fused-ring (bicyclic) bond motifs is 1. The van der Waals surface area contributed by atoms with Gasteiger partial charge >= 0.3 is 0 Å². The summed E-state index contributed by atoms with van der Waals surface area (Å²) in [6.45, 7) is 2.99. The highest BCUT2D eigenvalue weighted by Crippen LogP contribution is 2.38. The first-order valence-corrected chi connectivity index (χ1v) is 7.83. The normalized spacial score (nSPS) is 12.8. The predicted octanol–water partition coefficient (Wildman–Crippen LogP) is 3.63. The van der Waals surface area contributed by atoms with Crippen LogP contribution < -0.4 is 14.4 Å². The number of nitrogens with zero attached hydrogens (tertiary/aromatic N) is 1. The van der Waals surface area contributed by atoms with Gasteiger partial charge in [-0.05, 0) is 36.8 Å². The second-order valence-electron chi connectivity index (χ2n) is 5.57. The minimum absolute atomic E-state index is 0.0124. The quantitative estimate of drug-likeness (QED) is 0.862. The molecule has 120 valence electrons. The summed E-state index contributed by atoms with van der Waals surface area (Å²) in [5.41, 5.74) is 2.83. The van der Waals surface area contributed by atoms with Gasteiger partial charge in [0.05, 0.1) is 11.4 Å². The van der Waals surface area contributed by atoms with E-state index in [4.69, 9.17) is 21.1 Å². The number of rotatable bonds is 3. The molecule has 0 atom stereocenters. The lowest BCUT2D eigenvalue weighted by molar-refractivity contribution is -0.117. The van der Waals surface area contributed by atoms with Crippen molar-refractivity contribution in [1.82, 2.24) is 0 Å². The number of halogens is 1. The number of hydrogen-bond donors (Lipinski definition) is 0. The van der Waals surface area contributed by atoms with Gasteiger partial charge in [-0.3, -0.25) is 4.79 Å². The van der Waals surface area contributed by atoms with Gasteiger partial charge in [0.1, 0.15) is 13.2 Å². The molecule has 0 spiro atoms. The highest BCUT2D eigenvalue weighted by Gasteiger charge is 2.19. The molecule has 0 N–H and O–H groups in total. The first-order chi connectivity index (χ1) is 11.0. The highest BCUT2D eigenvalue weighted by molar-refractivity contribution is 6.32. The molecule has 1 amide bonds. The van der Waals surface area contributed by atoms with Gasteiger partial charge in [0.25, 0.3) is 0 Å². The molecule has 5 heteroatoms. The molecule has 0 unspecified atom stereocenters. The fourth-order valence-electron chi connectivity index (χ4n) is 2.47. The summed E-state index contributed by atoms with van der Waals surface area (Å²) < 4.78 is 11.0. The molecule has 3 rings (SSSR count). The predicted molar refractivity (Wildman–Crippen MR) is 90.7 cm³/mol. The number of amides is 1. The van der Waals surface area contributed by atoms with Crippen molar-refractivity contribution in [3.63, 3.8) is 0 Å². The summed E-state index contributed by atoms with van der Waals surface area (Å²) in [4.78, 5) is 14.1. The van der Waals surface area contributed by atoms with Crippen LogP contribution >= 0.6 is 11.6 Å². The second-order valence-corrected chi connectivity index (χ2v) is 5.97. The number of likely N-dealkylation sites (N-methyl/N-ethyl adjacent to an activating group) is 1. The third-order valence-corrected chi connectivity index (χ3v) is 4.09. The second kappa shape index (κ2) is 6.50.